The van der Waals surface area contributed by atoms with E-state index in [1.807, 2.05) is 12.2 Å². The molecule has 1 rings (SSSR count). The fourth-order valence-electron chi connectivity index (χ4n) is 0.340. The Hall–Kier alpha value is 0.709. The SMILES string of the molecule is Cl.Cl.[C-]1=CC=CC1.[Ir]. The molecule has 0 atom stereocenters. The van der Waals surface area contributed by atoms with E-state index in [-0.39, 0.29) is 44.9 Å². The van der Waals surface area contributed by atoms with E-state index >= 15 is 0 Å². The molecular formula is C5H7Cl2Ir-. The summed E-state index contributed by atoms with van der Waals surface area (Å²) in [6.45, 7) is 0. The van der Waals surface area contributed by atoms with Crippen LogP contribution in [0.2, 0.25) is 0 Å². The fourth-order valence-corrected chi connectivity index (χ4v) is 0.340. The molecule has 0 aromatic carbocycles. The Bertz CT molecular complexity index is 68.5. The van der Waals surface area contributed by atoms with Crippen molar-refractivity contribution in [2.45, 2.75) is 6.42 Å². The van der Waals surface area contributed by atoms with Gasteiger partial charge in [0.25, 0.3) is 0 Å². The van der Waals surface area contributed by atoms with Gasteiger partial charge in [-0.1, -0.05) is 0 Å². The van der Waals surface area contributed by atoms with Gasteiger partial charge in [0.15, 0.2) is 0 Å². The molecule has 0 heterocycles. The molecule has 3 heteroatoms. The van der Waals surface area contributed by atoms with Crippen LogP contribution in [-0.2, 0) is 20.1 Å². The zero-order valence-electron chi connectivity index (χ0n) is 4.09. The molecule has 0 N–H and O–H groups in total. The summed E-state index contributed by atoms with van der Waals surface area (Å²) in [6.07, 6.45) is 10.0. The molecule has 0 aromatic rings. The molecule has 1 aliphatic carbocycles. The minimum Gasteiger partial charge on any atom is -0.273 e. The van der Waals surface area contributed by atoms with Crippen molar-refractivity contribution in [1.82, 2.24) is 0 Å². The van der Waals surface area contributed by atoms with E-state index in [9.17, 15) is 0 Å². The van der Waals surface area contributed by atoms with Gasteiger partial charge >= 0.3 is 0 Å². The van der Waals surface area contributed by atoms with Crippen LogP contribution in [0.5, 0.6) is 0 Å². The predicted molar refractivity (Wildman–Crippen MR) is 36.1 cm³/mol. The average molecular weight is 330 g/mol. The predicted octanol–water partition coefficient (Wildman–Crippen LogP) is 2.15. The van der Waals surface area contributed by atoms with Crippen molar-refractivity contribution in [3.63, 3.8) is 0 Å². The van der Waals surface area contributed by atoms with E-state index in [0.717, 1.165) is 6.42 Å². The van der Waals surface area contributed by atoms with Crippen LogP contribution in [0.25, 0.3) is 0 Å². The van der Waals surface area contributed by atoms with E-state index < -0.39 is 0 Å². The monoisotopic (exact) mass is 330 g/mol. The van der Waals surface area contributed by atoms with Gasteiger partial charge in [-0.05, 0) is 0 Å². The molecule has 0 saturated heterocycles. The van der Waals surface area contributed by atoms with Crippen molar-refractivity contribution in [3.8, 4) is 0 Å². The van der Waals surface area contributed by atoms with Gasteiger partial charge in [-0.2, -0.15) is 6.08 Å². The third-order valence-electron chi connectivity index (χ3n) is 0.586. The largest absolute Gasteiger partial charge is 0.273 e. The molecule has 0 spiro atoms. The van der Waals surface area contributed by atoms with Crippen LogP contribution in [0.4, 0.5) is 0 Å². The summed E-state index contributed by atoms with van der Waals surface area (Å²) in [4.78, 5) is 0. The van der Waals surface area contributed by atoms with E-state index in [4.69, 9.17) is 0 Å². The van der Waals surface area contributed by atoms with Crippen LogP contribution in [0.15, 0.2) is 18.2 Å². The molecule has 0 unspecified atom stereocenters. The molecule has 0 aromatic heterocycles. The first-order valence-electron chi connectivity index (χ1n) is 1.72. The molecule has 8 heavy (non-hydrogen) atoms. The van der Waals surface area contributed by atoms with Gasteiger partial charge in [-0.25, -0.2) is 12.2 Å². The number of halogens is 2. The maximum Gasteiger partial charge on any atom is 0 e. The molecule has 1 radical (unpaired) electrons. The van der Waals surface area contributed by atoms with E-state index in [0.29, 0.717) is 0 Å². The van der Waals surface area contributed by atoms with Crippen molar-refractivity contribution >= 4 is 24.8 Å². The summed E-state index contributed by atoms with van der Waals surface area (Å²) in [5, 5.41) is 0. The summed E-state index contributed by atoms with van der Waals surface area (Å²) in [6, 6.07) is 0. The van der Waals surface area contributed by atoms with Gasteiger partial charge in [0.2, 0.25) is 0 Å². The second-order valence-electron chi connectivity index (χ2n) is 1.00. The summed E-state index contributed by atoms with van der Waals surface area (Å²) in [7, 11) is 0. The van der Waals surface area contributed by atoms with Crippen LogP contribution in [0.3, 0.4) is 0 Å². The van der Waals surface area contributed by atoms with Gasteiger partial charge < -0.3 is 0 Å². The van der Waals surface area contributed by atoms with Crippen LogP contribution in [0, 0.1) is 6.08 Å². The van der Waals surface area contributed by atoms with Crippen LogP contribution in [-0.4, -0.2) is 0 Å². The van der Waals surface area contributed by atoms with Gasteiger partial charge in [-0.15, -0.1) is 31.2 Å². The summed E-state index contributed by atoms with van der Waals surface area (Å²) < 4.78 is 0. The number of hydrogen-bond acceptors (Lipinski definition) is 0. The third kappa shape index (κ3) is 6.71. The second kappa shape index (κ2) is 10.6. The Morgan fingerprint density at radius 2 is 1.88 bits per heavy atom. The Balaban J connectivity index is -0.0000000833. The third-order valence-corrected chi connectivity index (χ3v) is 0.586. The quantitative estimate of drug-likeness (QED) is 0.597. The molecule has 0 amide bonds. The zero-order chi connectivity index (χ0) is 3.54. The van der Waals surface area contributed by atoms with Crippen molar-refractivity contribution in [3.05, 3.63) is 24.3 Å². The van der Waals surface area contributed by atoms with Crippen molar-refractivity contribution in [1.29, 1.82) is 0 Å². The van der Waals surface area contributed by atoms with Gasteiger partial charge in [-0.3, -0.25) is 6.08 Å². The van der Waals surface area contributed by atoms with Crippen LogP contribution >= 0.6 is 24.8 Å². The number of rotatable bonds is 0. The maximum absolute atomic E-state index is 2.99. The van der Waals surface area contributed by atoms with Crippen LogP contribution < -0.4 is 0 Å². The molecule has 0 aliphatic heterocycles. The summed E-state index contributed by atoms with van der Waals surface area (Å²) in [5.74, 6) is 0. The molecular weight excluding hydrogens is 323 g/mol. The zero-order valence-corrected chi connectivity index (χ0v) is 8.12. The first-order valence-corrected chi connectivity index (χ1v) is 1.72. The van der Waals surface area contributed by atoms with Crippen molar-refractivity contribution in [2.75, 3.05) is 0 Å². The van der Waals surface area contributed by atoms with Crippen molar-refractivity contribution < 1.29 is 20.1 Å². The minimum atomic E-state index is 0. The first kappa shape index (κ1) is 15.9. The van der Waals surface area contributed by atoms with Gasteiger partial charge in [0.05, 0.1) is 0 Å². The van der Waals surface area contributed by atoms with Gasteiger partial charge in [0, 0.05) is 20.1 Å². The van der Waals surface area contributed by atoms with Gasteiger partial charge in [0.1, 0.15) is 0 Å². The Labute approximate surface area is 75.6 Å². The van der Waals surface area contributed by atoms with E-state index in [2.05, 4.69) is 12.2 Å². The van der Waals surface area contributed by atoms with Crippen LogP contribution in [0.1, 0.15) is 6.42 Å². The summed E-state index contributed by atoms with van der Waals surface area (Å²) >= 11 is 0. The number of hydrogen-bond donors (Lipinski definition) is 0. The maximum atomic E-state index is 2.99. The normalized spacial score (nSPS) is 11.0. The second-order valence-corrected chi connectivity index (χ2v) is 1.00. The molecule has 0 saturated carbocycles. The average Bonchev–Trinajstić information content (AvgIpc) is 1.76. The molecule has 0 fully saturated rings. The molecule has 1 aliphatic rings. The summed E-state index contributed by atoms with van der Waals surface area (Å²) in [5.41, 5.74) is 0. The van der Waals surface area contributed by atoms with Crippen molar-refractivity contribution in [2.24, 2.45) is 0 Å². The molecule has 51 valence electrons. The smallest absolute Gasteiger partial charge is 0 e. The minimum absolute atomic E-state index is 0. The Morgan fingerprint density at radius 1 is 1.25 bits per heavy atom. The standard InChI is InChI=1S/C5H5.2ClH.Ir/c1-2-4-5-3-1;;;/h1-3H,4H2;2*1H;/q-1;;;. The first-order chi connectivity index (χ1) is 2.50. The molecule has 0 nitrogen and oxygen atoms in total. The fraction of sp³-hybridized carbons (Fsp3) is 0.200. The number of allylic oxidation sites excluding steroid dienone is 4. The Morgan fingerprint density at radius 3 is 2.00 bits per heavy atom. The Kier molecular flexibility index (Phi) is 21.1. The van der Waals surface area contributed by atoms with E-state index in [1.165, 1.54) is 0 Å². The topological polar surface area (TPSA) is 0 Å². The molecule has 0 bridgehead atoms. The van der Waals surface area contributed by atoms with E-state index in [1.54, 1.807) is 0 Å².